The molecular weight excluding hydrogens is 270 g/mol. The molecule has 1 aromatic rings. The lowest BCUT2D eigenvalue weighted by molar-refractivity contribution is 0.0596. The first kappa shape index (κ1) is 14.0. The van der Waals surface area contributed by atoms with Crippen LogP contribution in [0.4, 0.5) is 0 Å². The second-order valence-corrected chi connectivity index (χ2v) is 6.18. The van der Waals surface area contributed by atoms with Crippen LogP contribution >= 0.6 is 0 Å². The normalized spacial score (nSPS) is 16.9. The van der Waals surface area contributed by atoms with E-state index >= 15 is 0 Å². The molecule has 7 heteroatoms. The molecule has 6 nitrogen and oxygen atoms in total. The van der Waals surface area contributed by atoms with E-state index in [4.69, 9.17) is 0 Å². The molecule has 104 valence electrons. The van der Waals surface area contributed by atoms with Gasteiger partial charge >= 0.3 is 5.97 Å². The zero-order valence-electron chi connectivity index (χ0n) is 10.4. The molecule has 0 saturated heterocycles. The number of hydrogen-bond donors (Lipinski definition) is 2. The number of ether oxygens (including phenoxy) is 1. The number of sulfonamides is 1. The summed E-state index contributed by atoms with van der Waals surface area (Å²) < 4.78 is 31.5. The van der Waals surface area contributed by atoms with Gasteiger partial charge in [-0.25, -0.2) is 17.9 Å². The van der Waals surface area contributed by atoms with Crippen molar-refractivity contribution < 1.29 is 23.1 Å². The minimum absolute atomic E-state index is 0.0220. The van der Waals surface area contributed by atoms with Gasteiger partial charge in [-0.1, -0.05) is 12.1 Å². The molecule has 2 rings (SSSR count). The first-order valence-corrected chi connectivity index (χ1v) is 7.25. The number of carbonyl (C=O) groups excluding carboxylic acids is 1. The molecule has 1 aliphatic rings. The maximum absolute atomic E-state index is 12.3. The van der Waals surface area contributed by atoms with Gasteiger partial charge in [0.2, 0.25) is 10.0 Å². The van der Waals surface area contributed by atoms with Crippen molar-refractivity contribution in [2.75, 3.05) is 13.7 Å². The molecule has 0 radical (unpaired) electrons. The number of aliphatic hydroxyl groups is 1. The molecule has 0 heterocycles. The molecule has 0 aliphatic heterocycles. The van der Waals surface area contributed by atoms with Crippen molar-refractivity contribution >= 4 is 16.0 Å². The van der Waals surface area contributed by atoms with E-state index in [1.54, 1.807) is 6.07 Å². The summed E-state index contributed by atoms with van der Waals surface area (Å²) >= 11 is 0. The summed E-state index contributed by atoms with van der Waals surface area (Å²) in [5.41, 5.74) is -0.798. The van der Waals surface area contributed by atoms with Crippen LogP contribution in [0.1, 0.15) is 23.2 Å². The lowest BCUT2D eigenvalue weighted by Crippen LogP contribution is -2.40. The fourth-order valence-corrected chi connectivity index (χ4v) is 3.41. The van der Waals surface area contributed by atoms with Crippen molar-refractivity contribution in [3.8, 4) is 0 Å². The zero-order chi connectivity index (χ0) is 14.1. The van der Waals surface area contributed by atoms with Gasteiger partial charge in [0.15, 0.2) is 0 Å². The van der Waals surface area contributed by atoms with Gasteiger partial charge in [0.05, 0.1) is 29.7 Å². The van der Waals surface area contributed by atoms with Gasteiger partial charge in [-0.2, -0.15) is 0 Å². The summed E-state index contributed by atoms with van der Waals surface area (Å²) in [7, 11) is -2.67. The Labute approximate surface area is 111 Å². The summed E-state index contributed by atoms with van der Waals surface area (Å²) in [5.74, 6) is -0.713. The Bertz CT molecular complexity index is 592. The Morgan fingerprint density at radius 3 is 2.58 bits per heavy atom. The highest BCUT2D eigenvalue weighted by Crippen LogP contribution is 2.36. The summed E-state index contributed by atoms with van der Waals surface area (Å²) in [6.07, 6.45) is 1.17. The standard InChI is InChI=1S/C12H15NO5S/c1-18-11(15)9-4-2-3-5-10(9)19(16,17)13-12(8-14)6-7-12/h2-5,13-14H,6-8H2,1H3. The lowest BCUT2D eigenvalue weighted by Gasteiger charge is -2.16. The van der Waals surface area contributed by atoms with E-state index in [9.17, 15) is 18.3 Å². The third-order valence-corrected chi connectivity index (χ3v) is 4.73. The summed E-state index contributed by atoms with van der Waals surface area (Å²) in [4.78, 5) is 11.4. The average Bonchev–Trinajstić information content (AvgIpc) is 3.17. The highest BCUT2D eigenvalue weighted by Gasteiger charge is 2.46. The number of rotatable bonds is 5. The van der Waals surface area contributed by atoms with E-state index in [1.807, 2.05) is 0 Å². The topological polar surface area (TPSA) is 92.7 Å². The second-order valence-electron chi connectivity index (χ2n) is 4.53. The SMILES string of the molecule is COC(=O)c1ccccc1S(=O)(=O)NC1(CO)CC1. The van der Waals surface area contributed by atoms with Gasteiger partial charge in [-0.15, -0.1) is 0 Å². The first-order chi connectivity index (χ1) is 8.94. The molecular formula is C12H15NO5S. The molecule has 0 spiro atoms. The minimum Gasteiger partial charge on any atom is -0.465 e. The Morgan fingerprint density at radius 1 is 1.42 bits per heavy atom. The Morgan fingerprint density at radius 2 is 2.05 bits per heavy atom. The van der Waals surface area contributed by atoms with Gasteiger partial charge in [0.25, 0.3) is 0 Å². The van der Waals surface area contributed by atoms with E-state index < -0.39 is 21.5 Å². The van der Waals surface area contributed by atoms with Crippen molar-refractivity contribution in [1.82, 2.24) is 4.72 Å². The van der Waals surface area contributed by atoms with E-state index in [2.05, 4.69) is 9.46 Å². The number of nitrogens with one attached hydrogen (secondary N) is 1. The average molecular weight is 285 g/mol. The molecule has 1 aliphatic carbocycles. The van der Waals surface area contributed by atoms with E-state index in [0.29, 0.717) is 12.8 Å². The molecule has 2 N–H and O–H groups in total. The highest BCUT2D eigenvalue weighted by atomic mass is 32.2. The molecule has 0 bridgehead atoms. The van der Waals surface area contributed by atoms with Crippen molar-refractivity contribution in [2.24, 2.45) is 0 Å². The van der Waals surface area contributed by atoms with Crippen molar-refractivity contribution in [3.63, 3.8) is 0 Å². The molecule has 0 amide bonds. The van der Waals surface area contributed by atoms with Gasteiger partial charge < -0.3 is 9.84 Å². The Hall–Kier alpha value is -1.44. The fraction of sp³-hybridized carbons (Fsp3) is 0.417. The van der Waals surface area contributed by atoms with Crippen LogP contribution in [0, 0.1) is 0 Å². The third kappa shape index (κ3) is 2.78. The molecule has 1 aromatic carbocycles. The smallest absolute Gasteiger partial charge is 0.339 e. The molecule has 0 unspecified atom stereocenters. The van der Waals surface area contributed by atoms with Crippen LogP contribution in [0.15, 0.2) is 29.2 Å². The Balaban J connectivity index is 2.38. The molecule has 19 heavy (non-hydrogen) atoms. The number of hydrogen-bond acceptors (Lipinski definition) is 5. The van der Waals surface area contributed by atoms with Gasteiger partial charge in [-0.3, -0.25) is 0 Å². The van der Waals surface area contributed by atoms with Crippen LogP contribution in [-0.2, 0) is 14.8 Å². The largest absolute Gasteiger partial charge is 0.465 e. The summed E-state index contributed by atoms with van der Waals surface area (Å²) in [6.45, 7) is -0.257. The van der Waals surface area contributed by atoms with Crippen LogP contribution in [-0.4, -0.2) is 38.7 Å². The van der Waals surface area contributed by atoms with Crippen molar-refractivity contribution in [1.29, 1.82) is 0 Å². The second kappa shape index (κ2) is 4.92. The quantitative estimate of drug-likeness (QED) is 0.758. The maximum atomic E-state index is 12.3. The monoisotopic (exact) mass is 285 g/mol. The highest BCUT2D eigenvalue weighted by molar-refractivity contribution is 7.89. The van der Waals surface area contributed by atoms with E-state index in [1.165, 1.54) is 25.3 Å². The molecule has 0 atom stereocenters. The van der Waals surface area contributed by atoms with Crippen LogP contribution in [0.5, 0.6) is 0 Å². The van der Waals surface area contributed by atoms with Crippen LogP contribution < -0.4 is 4.72 Å². The molecule has 0 aromatic heterocycles. The van der Waals surface area contributed by atoms with Crippen LogP contribution in [0.2, 0.25) is 0 Å². The van der Waals surface area contributed by atoms with Crippen LogP contribution in [0.3, 0.4) is 0 Å². The minimum atomic E-state index is -3.86. The summed E-state index contributed by atoms with van der Waals surface area (Å²) in [5, 5.41) is 9.17. The molecule has 1 fully saturated rings. The van der Waals surface area contributed by atoms with Gasteiger partial charge in [0, 0.05) is 0 Å². The molecule has 1 saturated carbocycles. The number of esters is 1. The van der Waals surface area contributed by atoms with E-state index in [0.717, 1.165) is 0 Å². The Kier molecular flexibility index (Phi) is 3.62. The lowest BCUT2D eigenvalue weighted by atomic mass is 10.2. The van der Waals surface area contributed by atoms with Gasteiger partial charge in [0.1, 0.15) is 0 Å². The number of aliphatic hydroxyl groups excluding tert-OH is 1. The number of methoxy groups -OCH3 is 1. The van der Waals surface area contributed by atoms with E-state index in [-0.39, 0.29) is 17.1 Å². The van der Waals surface area contributed by atoms with Crippen molar-refractivity contribution in [3.05, 3.63) is 29.8 Å². The summed E-state index contributed by atoms with van der Waals surface area (Å²) in [6, 6.07) is 5.81. The number of carbonyl (C=O) groups is 1. The first-order valence-electron chi connectivity index (χ1n) is 5.76. The van der Waals surface area contributed by atoms with Gasteiger partial charge in [-0.05, 0) is 25.0 Å². The number of benzene rings is 1. The van der Waals surface area contributed by atoms with Crippen LogP contribution in [0.25, 0.3) is 0 Å². The fourth-order valence-electron chi connectivity index (χ4n) is 1.76. The predicted octanol–water partition coefficient (Wildman–Crippen LogP) is 0.276. The van der Waals surface area contributed by atoms with Crippen molar-refractivity contribution in [2.45, 2.75) is 23.3 Å². The maximum Gasteiger partial charge on any atom is 0.339 e. The predicted molar refractivity (Wildman–Crippen MR) is 67.2 cm³/mol. The third-order valence-electron chi connectivity index (χ3n) is 3.09. The zero-order valence-corrected chi connectivity index (χ0v) is 11.2.